The minimum Gasteiger partial charge on any atom is -0.453 e. The van der Waals surface area contributed by atoms with E-state index in [4.69, 9.17) is 0 Å². The highest BCUT2D eigenvalue weighted by Crippen LogP contribution is 2.31. The molecule has 0 bridgehead atoms. The van der Waals surface area contributed by atoms with E-state index in [1.807, 2.05) is 12.1 Å². The second kappa shape index (κ2) is 6.69. The molecule has 0 fully saturated rings. The Morgan fingerprint density at radius 3 is 2.81 bits per heavy atom. The third-order valence-corrected chi connectivity index (χ3v) is 4.42. The highest BCUT2D eigenvalue weighted by Gasteiger charge is 2.18. The quantitative estimate of drug-likeness (QED) is 0.576. The average molecular weight is 365 g/mol. The molecule has 0 aliphatic heterocycles. The maximum Gasteiger partial charge on any atom is 0.411 e. The molecule has 136 valence electrons. The van der Waals surface area contributed by atoms with Gasteiger partial charge in [-0.05, 0) is 35.7 Å². The molecule has 6 nitrogen and oxygen atoms in total. The van der Waals surface area contributed by atoms with Crippen molar-refractivity contribution in [1.82, 2.24) is 9.38 Å². The fourth-order valence-corrected chi connectivity index (χ4v) is 3.13. The Bertz CT molecular complexity index is 1170. The standard InChI is InChI=1S/C20H16FN3O3/c1-27-20(26)22-13-7-6-12-8-9-24-17(11-25)18(23-19(24)15(12)10-13)14-4-2-3-5-16(14)21/h2-10,25H,11H2,1H3,(H,22,26). The average Bonchev–Trinajstić information content (AvgIpc) is 3.07. The highest BCUT2D eigenvalue weighted by atomic mass is 19.1. The molecule has 4 aromatic rings. The Labute approximate surface area is 153 Å². The Kier molecular flexibility index (Phi) is 4.21. The lowest BCUT2D eigenvalue weighted by molar-refractivity contribution is 0.187. The number of nitrogens with one attached hydrogen (secondary N) is 1. The van der Waals surface area contributed by atoms with E-state index < -0.39 is 11.9 Å². The highest BCUT2D eigenvalue weighted by molar-refractivity contribution is 5.99. The summed E-state index contributed by atoms with van der Waals surface area (Å²) < 4.78 is 20.6. The van der Waals surface area contributed by atoms with Gasteiger partial charge in [0.1, 0.15) is 11.5 Å². The van der Waals surface area contributed by atoms with E-state index in [9.17, 15) is 14.3 Å². The molecule has 0 aliphatic rings. The molecule has 0 aliphatic carbocycles. The molecule has 4 rings (SSSR count). The van der Waals surface area contributed by atoms with E-state index >= 15 is 0 Å². The minimum absolute atomic E-state index is 0.295. The Balaban J connectivity index is 1.97. The second-order valence-corrected chi connectivity index (χ2v) is 5.97. The lowest BCUT2D eigenvalue weighted by Gasteiger charge is -2.07. The van der Waals surface area contributed by atoms with Gasteiger partial charge in [0.15, 0.2) is 0 Å². The van der Waals surface area contributed by atoms with Gasteiger partial charge in [-0.3, -0.25) is 5.32 Å². The van der Waals surface area contributed by atoms with Crippen LogP contribution in [0.15, 0.2) is 54.7 Å². The molecule has 2 heterocycles. The summed E-state index contributed by atoms with van der Waals surface area (Å²) in [5.41, 5.74) is 2.30. The molecule has 2 aromatic heterocycles. The van der Waals surface area contributed by atoms with Crippen molar-refractivity contribution in [2.75, 3.05) is 12.4 Å². The number of carbonyl (C=O) groups excluding carboxylic acids is 1. The summed E-state index contributed by atoms with van der Waals surface area (Å²) in [4.78, 5) is 16.1. The second-order valence-electron chi connectivity index (χ2n) is 5.97. The van der Waals surface area contributed by atoms with Crippen molar-refractivity contribution in [2.45, 2.75) is 6.61 Å². The summed E-state index contributed by atoms with van der Waals surface area (Å²) >= 11 is 0. The zero-order valence-corrected chi connectivity index (χ0v) is 14.4. The van der Waals surface area contributed by atoms with Crippen molar-refractivity contribution >= 4 is 28.2 Å². The molecule has 27 heavy (non-hydrogen) atoms. The summed E-state index contributed by atoms with van der Waals surface area (Å²) in [6.45, 7) is -0.295. The van der Waals surface area contributed by atoms with Gasteiger partial charge in [-0.2, -0.15) is 0 Å². The molecule has 2 N–H and O–H groups in total. The number of aromatic nitrogens is 2. The molecule has 0 saturated carbocycles. The largest absolute Gasteiger partial charge is 0.453 e. The van der Waals surface area contributed by atoms with Crippen molar-refractivity contribution in [1.29, 1.82) is 0 Å². The molecule has 0 radical (unpaired) electrons. The molecule has 2 aromatic carbocycles. The van der Waals surface area contributed by atoms with Crippen LogP contribution in [-0.4, -0.2) is 27.7 Å². The zero-order chi connectivity index (χ0) is 19.0. The number of hydrogen-bond acceptors (Lipinski definition) is 4. The molecule has 0 spiro atoms. The van der Waals surface area contributed by atoms with E-state index in [-0.39, 0.29) is 6.61 Å². The smallest absolute Gasteiger partial charge is 0.411 e. The number of pyridine rings is 1. The molecule has 0 atom stereocenters. The number of methoxy groups -OCH3 is 1. The number of carbonyl (C=O) groups is 1. The normalized spacial score (nSPS) is 11.1. The van der Waals surface area contributed by atoms with Crippen LogP contribution >= 0.6 is 0 Å². The van der Waals surface area contributed by atoms with E-state index in [0.717, 1.165) is 10.8 Å². The van der Waals surface area contributed by atoms with E-state index in [0.29, 0.717) is 28.3 Å². The molecule has 1 amide bonds. The van der Waals surface area contributed by atoms with Crippen LogP contribution in [0, 0.1) is 5.82 Å². The van der Waals surface area contributed by atoms with Gasteiger partial charge >= 0.3 is 6.09 Å². The number of ether oxygens (including phenoxy) is 1. The van der Waals surface area contributed by atoms with Crippen molar-refractivity contribution in [3.05, 3.63) is 66.2 Å². The third-order valence-electron chi connectivity index (χ3n) is 4.42. The molecule has 0 unspecified atom stereocenters. The first-order chi connectivity index (χ1) is 13.1. The number of amides is 1. The van der Waals surface area contributed by atoms with Crippen molar-refractivity contribution in [2.24, 2.45) is 0 Å². The van der Waals surface area contributed by atoms with Crippen molar-refractivity contribution in [3.63, 3.8) is 0 Å². The number of imidazole rings is 1. The van der Waals surface area contributed by atoms with Gasteiger partial charge in [-0.1, -0.05) is 18.2 Å². The van der Waals surface area contributed by atoms with Gasteiger partial charge < -0.3 is 14.2 Å². The van der Waals surface area contributed by atoms with Gasteiger partial charge in [0, 0.05) is 22.8 Å². The van der Waals surface area contributed by atoms with Gasteiger partial charge in [-0.15, -0.1) is 0 Å². The van der Waals surface area contributed by atoms with Crippen LogP contribution in [0.5, 0.6) is 0 Å². The lowest BCUT2D eigenvalue weighted by atomic mass is 10.1. The number of rotatable bonds is 3. The predicted octanol–water partition coefficient (Wildman–Crippen LogP) is 3.96. The molecule has 7 heteroatoms. The van der Waals surface area contributed by atoms with Gasteiger partial charge in [0.05, 0.1) is 25.1 Å². The summed E-state index contributed by atoms with van der Waals surface area (Å²) in [6, 6.07) is 13.5. The van der Waals surface area contributed by atoms with Crippen LogP contribution in [0.1, 0.15) is 5.69 Å². The predicted molar refractivity (Wildman–Crippen MR) is 100 cm³/mol. The number of fused-ring (bicyclic) bond motifs is 3. The zero-order valence-electron chi connectivity index (χ0n) is 14.4. The molecular formula is C20H16FN3O3. The summed E-state index contributed by atoms with van der Waals surface area (Å²) in [7, 11) is 1.29. The Morgan fingerprint density at radius 1 is 1.26 bits per heavy atom. The van der Waals surface area contributed by atoms with E-state index in [1.165, 1.54) is 13.2 Å². The maximum absolute atomic E-state index is 14.3. The number of benzene rings is 2. The molecule has 0 saturated heterocycles. The summed E-state index contributed by atoms with van der Waals surface area (Å²) in [5.74, 6) is -0.409. The first-order valence-corrected chi connectivity index (χ1v) is 8.27. The van der Waals surface area contributed by atoms with Crippen LogP contribution in [0.25, 0.3) is 27.7 Å². The van der Waals surface area contributed by atoms with Gasteiger partial charge in [0.2, 0.25) is 0 Å². The Morgan fingerprint density at radius 2 is 2.07 bits per heavy atom. The number of aliphatic hydroxyl groups is 1. The SMILES string of the molecule is COC(=O)Nc1ccc2ccn3c(CO)c(-c4ccccc4F)nc3c2c1. The fourth-order valence-electron chi connectivity index (χ4n) is 3.13. The minimum atomic E-state index is -0.576. The third kappa shape index (κ3) is 2.88. The van der Waals surface area contributed by atoms with Crippen LogP contribution in [0.2, 0.25) is 0 Å². The topological polar surface area (TPSA) is 75.9 Å². The van der Waals surface area contributed by atoms with Crippen LogP contribution in [0.3, 0.4) is 0 Å². The Hall–Kier alpha value is -3.45. The van der Waals surface area contributed by atoms with E-state index in [1.54, 1.807) is 40.9 Å². The fraction of sp³-hybridized carbons (Fsp3) is 0.100. The van der Waals surface area contributed by atoms with Gasteiger partial charge in [0.25, 0.3) is 0 Å². The monoisotopic (exact) mass is 365 g/mol. The van der Waals surface area contributed by atoms with Crippen LogP contribution in [-0.2, 0) is 11.3 Å². The van der Waals surface area contributed by atoms with Crippen LogP contribution in [0.4, 0.5) is 14.9 Å². The van der Waals surface area contributed by atoms with Crippen molar-refractivity contribution in [3.8, 4) is 11.3 Å². The first kappa shape index (κ1) is 17.0. The number of aliphatic hydroxyl groups excluding tert-OH is 1. The number of anilines is 1. The molecular weight excluding hydrogens is 349 g/mol. The number of hydrogen-bond donors (Lipinski definition) is 2. The summed E-state index contributed by atoms with van der Waals surface area (Å²) in [5, 5.41) is 14.1. The lowest BCUT2D eigenvalue weighted by Crippen LogP contribution is -2.10. The number of halogens is 1. The van der Waals surface area contributed by atoms with E-state index in [2.05, 4.69) is 15.0 Å². The maximum atomic E-state index is 14.3. The van der Waals surface area contributed by atoms with Crippen LogP contribution < -0.4 is 5.32 Å². The number of nitrogens with zero attached hydrogens (tertiary/aromatic N) is 2. The van der Waals surface area contributed by atoms with Gasteiger partial charge in [-0.25, -0.2) is 14.2 Å². The van der Waals surface area contributed by atoms with Crippen molar-refractivity contribution < 1.29 is 19.0 Å². The first-order valence-electron chi connectivity index (χ1n) is 8.27. The summed E-state index contributed by atoms with van der Waals surface area (Å²) in [6.07, 6.45) is 1.21.